The first kappa shape index (κ1) is 18.6. The van der Waals surface area contributed by atoms with Gasteiger partial charge >= 0.3 is 0 Å². The van der Waals surface area contributed by atoms with Crippen LogP contribution in [0.3, 0.4) is 0 Å². The van der Waals surface area contributed by atoms with E-state index in [4.69, 9.17) is 0 Å². The molecule has 0 aromatic heterocycles. The maximum absolute atomic E-state index is 2.38. The molecule has 0 fully saturated rings. The molecule has 0 amide bonds. The molecule has 0 saturated heterocycles. The summed E-state index contributed by atoms with van der Waals surface area (Å²) in [5.41, 5.74) is 6.75. The van der Waals surface area contributed by atoms with Crippen molar-refractivity contribution in [3.63, 3.8) is 0 Å². The monoisotopic (exact) mass is 386 g/mol. The fraction of sp³-hybridized carbons (Fsp3) is 0.133. The number of aryl methyl sites for hydroxylation is 2. The van der Waals surface area contributed by atoms with Crippen LogP contribution < -0.4 is 0 Å². The average Bonchev–Trinajstić information content (AvgIpc) is 2.76. The van der Waals surface area contributed by atoms with Crippen molar-refractivity contribution in [3.05, 3.63) is 113 Å². The van der Waals surface area contributed by atoms with E-state index in [0.29, 0.717) is 0 Å². The Morgan fingerprint density at radius 3 is 2.23 bits per heavy atom. The van der Waals surface area contributed by atoms with E-state index < -0.39 is 0 Å². The van der Waals surface area contributed by atoms with Crippen molar-refractivity contribution in [3.8, 4) is 0 Å². The van der Waals surface area contributed by atoms with E-state index in [0.717, 1.165) is 6.42 Å². The summed E-state index contributed by atoms with van der Waals surface area (Å²) in [4.78, 5) is 0. The summed E-state index contributed by atoms with van der Waals surface area (Å²) in [7, 11) is 0. The first-order chi connectivity index (χ1) is 14.6. The Morgan fingerprint density at radius 1 is 0.667 bits per heavy atom. The van der Waals surface area contributed by atoms with Gasteiger partial charge in [-0.25, -0.2) is 0 Å². The van der Waals surface area contributed by atoms with Crippen molar-refractivity contribution in [1.82, 2.24) is 0 Å². The minimum Gasteiger partial charge on any atom is -0.0683 e. The minimum absolute atomic E-state index is 0.951. The molecule has 0 atom stereocenters. The van der Waals surface area contributed by atoms with Gasteiger partial charge < -0.3 is 0 Å². The molecule has 5 aromatic rings. The molecule has 146 valence electrons. The summed E-state index contributed by atoms with van der Waals surface area (Å²) in [6, 6.07) is 31.1. The van der Waals surface area contributed by atoms with Gasteiger partial charge in [0.05, 0.1) is 0 Å². The van der Waals surface area contributed by atoms with Crippen LogP contribution in [0.1, 0.15) is 29.2 Å². The highest BCUT2D eigenvalue weighted by Crippen LogP contribution is 2.32. The summed E-state index contributed by atoms with van der Waals surface area (Å²) in [6.45, 7) is 6.64. The Balaban J connectivity index is 1.65. The summed E-state index contributed by atoms with van der Waals surface area (Å²) in [6.07, 6.45) is 3.33. The summed E-state index contributed by atoms with van der Waals surface area (Å²) in [5, 5.41) is 8.01. The highest BCUT2D eigenvalue weighted by Gasteiger charge is 2.09. The molecular formula is C30H26. The van der Waals surface area contributed by atoms with Crippen LogP contribution in [0.5, 0.6) is 0 Å². The summed E-state index contributed by atoms with van der Waals surface area (Å²) < 4.78 is 0. The maximum atomic E-state index is 2.38. The number of allylic oxidation sites excluding steroid dienone is 1. The molecular weight excluding hydrogens is 360 g/mol. The molecule has 0 unspecified atom stereocenters. The smallest absolute Gasteiger partial charge is 0.00602 e. The van der Waals surface area contributed by atoms with Crippen LogP contribution in [0.4, 0.5) is 0 Å². The van der Waals surface area contributed by atoms with Gasteiger partial charge in [0.1, 0.15) is 0 Å². The Labute approximate surface area is 178 Å². The quantitative estimate of drug-likeness (QED) is 0.273. The molecule has 0 spiro atoms. The zero-order valence-electron chi connectivity index (χ0n) is 17.9. The molecule has 0 bridgehead atoms. The SMILES string of the molecule is CC(=Cc1c(C)ccc2ccccc12)Cc1cc2ccccc2c2cc(C)ccc12. The second-order valence-corrected chi connectivity index (χ2v) is 8.49. The van der Waals surface area contributed by atoms with Crippen LogP contribution in [0.2, 0.25) is 0 Å². The first-order valence-corrected chi connectivity index (χ1v) is 10.7. The van der Waals surface area contributed by atoms with Gasteiger partial charge in [0.25, 0.3) is 0 Å². The standard InChI is InChI=1S/C30H26/c1-20-12-15-28-25(19-24-9-5-7-11-27(24)30(28)17-20)16-21(2)18-29-22(3)13-14-23-8-4-6-10-26(23)29/h4-15,17-19H,16H2,1-3H3. The van der Waals surface area contributed by atoms with E-state index in [1.807, 2.05) is 0 Å². The van der Waals surface area contributed by atoms with Crippen molar-refractivity contribution in [2.75, 3.05) is 0 Å². The van der Waals surface area contributed by atoms with Crippen LogP contribution in [-0.2, 0) is 6.42 Å². The number of benzene rings is 5. The topological polar surface area (TPSA) is 0 Å². The molecule has 5 aromatic carbocycles. The third kappa shape index (κ3) is 3.29. The lowest BCUT2D eigenvalue weighted by Crippen LogP contribution is -1.93. The second-order valence-electron chi connectivity index (χ2n) is 8.49. The molecule has 0 aliphatic carbocycles. The van der Waals surface area contributed by atoms with E-state index in [2.05, 4.69) is 112 Å². The molecule has 30 heavy (non-hydrogen) atoms. The van der Waals surface area contributed by atoms with Crippen molar-refractivity contribution in [1.29, 1.82) is 0 Å². The summed E-state index contributed by atoms with van der Waals surface area (Å²) >= 11 is 0. The van der Waals surface area contributed by atoms with E-state index in [9.17, 15) is 0 Å². The molecule has 0 radical (unpaired) electrons. The molecule has 0 N–H and O–H groups in total. The van der Waals surface area contributed by atoms with Gasteiger partial charge in [-0.15, -0.1) is 0 Å². The number of hydrogen-bond acceptors (Lipinski definition) is 0. The van der Waals surface area contributed by atoms with E-state index in [1.165, 1.54) is 60.1 Å². The van der Waals surface area contributed by atoms with E-state index >= 15 is 0 Å². The molecule has 0 nitrogen and oxygen atoms in total. The molecule has 0 aliphatic rings. The van der Waals surface area contributed by atoms with Crippen molar-refractivity contribution < 1.29 is 0 Å². The van der Waals surface area contributed by atoms with Gasteiger partial charge in [-0.1, -0.05) is 102 Å². The first-order valence-electron chi connectivity index (χ1n) is 10.7. The molecule has 0 heterocycles. The molecule has 0 aliphatic heterocycles. The fourth-order valence-electron chi connectivity index (χ4n) is 4.63. The zero-order chi connectivity index (χ0) is 20.7. The second kappa shape index (κ2) is 7.46. The number of fused-ring (bicyclic) bond motifs is 4. The van der Waals surface area contributed by atoms with Crippen LogP contribution >= 0.6 is 0 Å². The molecule has 5 rings (SSSR count). The van der Waals surface area contributed by atoms with Gasteiger partial charge in [0, 0.05) is 0 Å². The third-order valence-electron chi connectivity index (χ3n) is 6.15. The van der Waals surface area contributed by atoms with Crippen LogP contribution in [0.15, 0.2) is 90.5 Å². The van der Waals surface area contributed by atoms with Crippen molar-refractivity contribution in [2.24, 2.45) is 0 Å². The third-order valence-corrected chi connectivity index (χ3v) is 6.15. The van der Waals surface area contributed by atoms with Gasteiger partial charge in [-0.3, -0.25) is 0 Å². The highest BCUT2D eigenvalue weighted by molar-refractivity contribution is 6.09. The Kier molecular flexibility index (Phi) is 4.64. The van der Waals surface area contributed by atoms with Gasteiger partial charge in [-0.2, -0.15) is 0 Å². The normalized spacial score (nSPS) is 12.2. The Bertz CT molecular complexity index is 1430. The Morgan fingerprint density at radius 2 is 1.40 bits per heavy atom. The van der Waals surface area contributed by atoms with E-state index in [-0.39, 0.29) is 0 Å². The van der Waals surface area contributed by atoms with Gasteiger partial charge in [-0.05, 0) is 76.2 Å². The maximum Gasteiger partial charge on any atom is -0.00602 e. The summed E-state index contributed by atoms with van der Waals surface area (Å²) in [5.74, 6) is 0. The predicted octanol–water partition coefficient (Wildman–Crippen LogP) is 8.41. The van der Waals surface area contributed by atoms with Crippen LogP contribution in [0.25, 0.3) is 38.4 Å². The van der Waals surface area contributed by atoms with Crippen molar-refractivity contribution >= 4 is 38.4 Å². The lowest BCUT2D eigenvalue weighted by Gasteiger charge is -2.13. The van der Waals surface area contributed by atoms with E-state index in [1.54, 1.807) is 0 Å². The largest absolute Gasteiger partial charge is 0.0683 e. The van der Waals surface area contributed by atoms with Crippen LogP contribution in [-0.4, -0.2) is 0 Å². The molecule has 0 saturated carbocycles. The minimum atomic E-state index is 0.951. The van der Waals surface area contributed by atoms with Gasteiger partial charge in [0.2, 0.25) is 0 Å². The lowest BCUT2D eigenvalue weighted by atomic mass is 9.91. The Hall–Kier alpha value is -3.38. The zero-order valence-corrected chi connectivity index (χ0v) is 17.9. The van der Waals surface area contributed by atoms with Crippen molar-refractivity contribution in [2.45, 2.75) is 27.2 Å². The average molecular weight is 387 g/mol. The number of hydrogen-bond donors (Lipinski definition) is 0. The van der Waals surface area contributed by atoms with Crippen LogP contribution in [0, 0.1) is 13.8 Å². The molecule has 0 heteroatoms. The predicted molar refractivity (Wildman–Crippen MR) is 132 cm³/mol. The fourth-order valence-corrected chi connectivity index (χ4v) is 4.63. The number of rotatable bonds is 3. The lowest BCUT2D eigenvalue weighted by molar-refractivity contribution is 1.18. The van der Waals surface area contributed by atoms with Gasteiger partial charge in [0.15, 0.2) is 0 Å². The highest BCUT2D eigenvalue weighted by atomic mass is 14.1.